The molecule has 2 atom stereocenters. The highest BCUT2D eigenvalue weighted by Gasteiger charge is 2.11. The number of rotatable bonds is 0. The summed E-state index contributed by atoms with van der Waals surface area (Å²) in [6.07, 6.45) is 5.86. The van der Waals surface area contributed by atoms with Gasteiger partial charge < -0.3 is 0 Å². The Labute approximate surface area is 45.2 Å². The van der Waals surface area contributed by atoms with Gasteiger partial charge in [0.1, 0.15) is 0 Å². The SMILES string of the molecule is C[C@H]1C=CC[C@@H]1C. The van der Waals surface area contributed by atoms with Crippen LogP contribution in [0.2, 0.25) is 0 Å². The fourth-order valence-electron chi connectivity index (χ4n) is 0.912. The third kappa shape index (κ3) is 0.846. The first-order valence-electron chi connectivity index (χ1n) is 2.97. The molecule has 0 nitrogen and oxygen atoms in total. The van der Waals surface area contributed by atoms with Crippen LogP contribution in [0.3, 0.4) is 0 Å². The molecule has 0 aromatic rings. The van der Waals surface area contributed by atoms with Crippen LogP contribution in [0.5, 0.6) is 0 Å². The molecule has 0 radical (unpaired) electrons. The van der Waals surface area contributed by atoms with Gasteiger partial charge in [-0.25, -0.2) is 0 Å². The van der Waals surface area contributed by atoms with E-state index in [0.29, 0.717) is 0 Å². The largest absolute Gasteiger partial charge is 0.0880 e. The van der Waals surface area contributed by atoms with Crippen LogP contribution in [0.1, 0.15) is 20.3 Å². The van der Waals surface area contributed by atoms with Gasteiger partial charge in [-0.3, -0.25) is 0 Å². The Morgan fingerprint density at radius 1 is 1.43 bits per heavy atom. The molecule has 1 aliphatic rings. The van der Waals surface area contributed by atoms with E-state index in [-0.39, 0.29) is 0 Å². The van der Waals surface area contributed by atoms with Gasteiger partial charge in [-0.05, 0) is 18.3 Å². The van der Waals surface area contributed by atoms with E-state index in [0.717, 1.165) is 11.8 Å². The minimum Gasteiger partial charge on any atom is -0.0880 e. The van der Waals surface area contributed by atoms with Crippen molar-refractivity contribution in [1.29, 1.82) is 0 Å². The predicted octanol–water partition coefficient (Wildman–Crippen LogP) is 2.22. The van der Waals surface area contributed by atoms with Gasteiger partial charge in [-0.2, -0.15) is 0 Å². The first-order valence-corrected chi connectivity index (χ1v) is 2.97. The quantitative estimate of drug-likeness (QED) is 0.406. The monoisotopic (exact) mass is 96.1 g/mol. The average Bonchev–Trinajstić information content (AvgIpc) is 1.91. The van der Waals surface area contributed by atoms with Gasteiger partial charge in [-0.15, -0.1) is 0 Å². The van der Waals surface area contributed by atoms with Crippen LogP contribution in [-0.4, -0.2) is 0 Å². The zero-order chi connectivity index (χ0) is 5.28. The molecule has 0 saturated heterocycles. The van der Waals surface area contributed by atoms with E-state index in [1.54, 1.807) is 0 Å². The maximum atomic E-state index is 2.30. The Balaban J connectivity index is 2.45. The number of allylic oxidation sites excluding steroid dienone is 2. The van der Waals surface area contributed by atoms with E-state index >= 15 is 0 Å². The second-order valence-corrected chi connectivity index (χ2v) is 2.50. The Hall–Kier alpha value is -0.260. The molecule has 1 aliphatic carbocycles. The lowest BCUT2D eigenvalue weighted by atomic mass is 10.0. The van der Waals surface area contributed by atoms with E-state index in [4.69, 9.17) is 0 Å². The molecular weight excluding hydrogens is 84.1 g/mol. The van der Waals surface area contributed by atoms with Crippen LogP contribution in [0.25, 0.3) is 0 Å². The molecule has 0 aromatic carbocycles. The molecule has 0 bridgehead atoms. The van der Waals surface area contributed by atoms with Crippen LogP contribution in [0.15, 0.2) is 12.2 Å². The summed E-state index contributed by atoms with van der Waals surface area (Å²) in [7, 11) is 0. The maximum absolute atomic E-state index is 2.30. The van der Waals surface area contributed by atoms with E-state index in [1.165, 1.54) is 6.42 Å². The van der Waals surface area contributed by atoms with Gasteiger partial charge in [0.05, 0.1) is 0 Å². The normalized spacial score (nSPS) is 39.7. The lowest BCUT2D eigenvalue weighted by Gasteiger charge is -2.04. The van der Waals surface area contributed by atoms with Crippen molar-refractivity contribution in [1.82, 2.24) is 0 Å². The second kappa shape index (κ2) is 1.69. The molecule has 0 amide bonds. The molecule has 0 heteroatoms. The van der Waals surface area contributed by atoms with Crippen molar-refractivity contribution in [2.75, 3.05) is 0 Å². The van der Waals surface area contributed by atoms with Crippen molar-refractivity contribution in [2.45, 2.75) is 20.3 Å². The van der Waals surface area contributed by atoms with E-state index in [2.05, 4.69) is 26.0 Å². The van der Waals surface area contributed by atoms with Gasteiger partial charge in [-0.1, -0.05) is 26.0 Å². The fourth-order valence-corrected chi connectivity index (χ4v) is 0.912. The molecule has 1 rings (SSSR count). The van der Waals surface area contributed by atoms with Crippen LogP contribution < -0.4 is 0 Å². The molecule has 0 fully saturated rings. The minimum atomic E-state index is 0.833. The van der Waals surface area contributed by atoms with E-state index in [9.17, 15) is 0 Å². The van der Waals surface area contributed by atoms with E-state index < -0.39 is 0 Å². The van der Waals surface area contributed by atoms with Gasteiger partial charge >= 0.3 is 0 Å². The molecule has 40 valence electrons. The van der Waals surface area contributed by atoms with Gasteiger partial charge in [0, 0.05) is 0 Å². The first kappa shape index (κ1) is 4.89. The molecular formula is C7H12. The summed E-state index contributed by atoms with van der Waals surface area (Å²) in [6, 6.07) is 0. The topological polar surface area (TPSA) is 0 Å². The molecule has 0 saturated carbocycles. The smallest absolute Gasteiger partial charge is 0.0233 e. The van der Waals surface area contributed by atoms with Gasteiger partial charge in [0.25, 0.3) is 0 Å². The Morgan fingerprint density at radius 3 is 2.29 bits per heavy atom. The van der Waals surface area contributed by atoms with Crippen LogP contribution in [-0.2, 0) is 0 Å². The summed E-state index contributed by atoms with van der Waals surface area (Å²) in [5, 5.41) is 0. The van der Waals surface area contributed by atoms with Crippen LogP contribution in [0.4, 0.5) is 0 Å². The average molecular weight is 96.2 g/mol. The highest BCUT2D eigenvalue weighted by Crippen LogP contribution is 2.22. The molecule has 7 heavy (non-hydrogen) atoms. The molecule has 0 N–H and O–H groups in total. The van der Waals surface area contributed by atoms with Crippen LogP contribution >= 0.6 is 0 Å². The van der Waals surface area contributed by atoms with Crippen molar-refractivity contribution in [2.24, 2.45) is 11.8 Å². The molecule has 0 aromatic heterocycles. The third-order valence-corrected chi connectivity index (χ3v) is 1.85. The van der Waals surface area contributed by atoms with Crippen molar-refractivity contribution >= 4 is 0 Å². The second-order valence-electron chi connectivity index (χ2n) is 2.50. The van der Waals surface area contributed by atoms with Crippen molar-refractivity contribution in [3.8, 4) is 0 Å². The first-order chi connectivity index (χ1) is 3.30. The fraction of sp³-hybridized carbons (Fsp3) is 0.714. The molecule has 0 unspecified atom stereocenters. The van der Waals surface area contributed by atoms with Crippen molar-refractivity contribution in [3.63, 3.8) is 0 Å². The van der Waals surface area contributed by atoms with Crippen molar-refractivity contribution in [3.05, 3.63) is 12.2 Å². The maximum Gasteiger partial charge on any atom is -0.0233 e. The summed E-state index contributed by atoms with van der Waals surface area (Å²) < 4.78 is 0. The van der Waals surface area contributed by atoms with Gasteiger partial charge in [0.15, 0.2) is 0 Å². The highest BCUT2D eigenvalue weighted by molar-refractivity contribution is 4.97. The summed E-state index contributed by atoms with van der Waals surface area (Å²) in [4.78, 5) is 0. The summed E-state index contributed by atoms with van der Waals surface area (Å²) in [5.41, 5.74) is 0. The zero-order valence-corrected chi connectivity index (χ0v) is 5.02. The summed E-state index contributed by atoms with van der Waals surface area (Å²) in [5.74, 6) is 1.74. The summed E-state index contributed by atoms with van der Waals surface area (Å²) >= 11 is 0. The Kier molecular flexibility index (Phi) is 1.18. The standard InChI is InChI=1S/C7H12/c1-6-4-3-5-7(6)2/h3-4,6-7H,5H2,1-2H3/t6-,7-/m0/s1. The zero-order valence-electron chi connectivity index (χ0n) is 5.02. The molecule has 0 spiro atoms. The van der Waals surface area contributed by atoms with Crippen molar-refractivity contribution < 1.29 is 0 Å². The van der Waals surface area contributed by atoms with Gasteiger partial charge in [0.2, 0.25) is 0 Å². The Bertz CT molecular complexity index is 82.0. The molecule has 0 heterocycles. The van der Waals surface area contributed by atoms with Crippen LogP contribution in [0, 0.1) is 11.8 Å². The van der Waals surface area contributed by atoms with E-state index in [1.807, 2.05) is 0 Å². The number of hydrogen-bond acceptors (Lipinski definition) is 0. The third-order valence-electron chi connectivity index (χ3n) is 1.85. The lowest BCUT2D eigenvalue weighted by molar-refractivity contribution is 0.498. The number of hydrogen-bond donors (Lipinski definition) is 0. The summed E-state index contributed by atoms with van der Waals surface area (Å²) in [6.45, 7) is 4.57. The minimum absolute atomic E-state index is 0.833. The highest BCUT2D eigenvalue weighted by atomic mass is 14.2. The predicted molar refractivity (Wildman–Crippen MR) is 32.1 cm³/mol. The Morgan fingerprint density at radius 2 is 2.14 bits per heavy atom. The molecule has 0 aliphatic heterocycles. The lowest BCUT2D eigenvalue weighted by Crippen LogP contribution is -1.96.